The number of amides is 1. The molecule has 1 aliphatic rings. The molecule has 1 N–H and O–H groups in total. The summed E-state index contributed by atoms with van der Waals surface area (Å²) in [5.74, 6) is 0.0586. The van der Waals surface area contributed by atoms with Gasteiger partial charge in [-0.2, -0.15) is 0 Å². The largest absolute Gasteiger partial charge is 0.412 e. The maximum atomic E-state index is 12.0. The van der Waals surface area contributed by atoms with Crippen LogP contribution in [0.5, 0.6) is 0 Å². The molecule has 2 aromatic rings. The summed E-state index contributed by atoms with van der Waals surface area (Å²) in [6.45, 7) is 0.605. The number of nitrogens with one attached hydrogen (secondary N) is 1. The topological polar surface area (TPSA) is 68.0 Å². The molecular formula is C17H19N3O2. The third kappa shape index (κ3) is 3.61. The normalized spacial score (nSPS) is 14.5. The molecule has 0 unspecified atom stereocenters. The predicted molar refractivity (Wildman–Crippen MR) is 83.2 cm³/mol. The SMILES string of the molecule is O=C(NCCC1=CCCCC1)c1nnc(-c2ccccc2)o1. The van der Waals surface area contributed by atoms with Crippen molar-refractivity contribution >= 4 is 5.91 Å². The Kier molecular flexibility index (Phi) is 4.63. The molecule has 3 rings (SSSR count). The number of rotatable bonds is 5. The van der Waals surface area contributed by atoms with E-state index in [1.165, 1.54) is 18.4 Å². The third-order valence-corrected chi connectivity index (χ3v) is 3.76. The number of carbonyl (C=O) groups excluding carboxylic acids is 1. The molecule has 5 heteroatoms. The van der Waals surface area contributed by atoms with Crippen LogP contribution in [0.25, 0.3) is 11.5 Å². The van der Waals surface area contributed by atoms with Crippen LogP contribution in [0.1, 0.15) is 42.8 Å². The number of hydrogen-bond acceptors (Lipinski definition) is 4. The maximum absolute atomic E-state index is 12.0. The minimum absolute atomic E-state index is 0.0106. The van der Waals surface area contributed by atoms with Crippen LogP contribution in [0.4, 0.5) is 0 Å². The van der Waals surface area contributed by atoms with E-state index in [2.05, 4.69) is 21.6 Å². The standard InChI is InChI=1S/C17H19N3O2/c21-15(18-12-11-13-7-3-1-4-8-13)17-20-19-16(22-17)14-9-5-2-6-10-14/h2,5-7,9-10H,1,3-4,8,11-12H2,(H,18,21). The smallest absolute Gasteiger partial charge is 0.308 e. The van der Waals surface area contributed by atoms with Gasteiger partial charge in [0.2, 0.25) is 5.89 Å². The van der Waals surface area contributed by atoms with E-state index in [-0.39, 0.29) is 11.8 Å². The Bertz CT molecular complexity index is 662. The highest BCUT2D eigenvalue weighted by atomic mass is 16.4. The molecule has 0 saturated carbocycles. The zero-order valence-corrected chi connectivity index (χ0v) is 12.4. The maximum Gasteiger partial charge on any atom is 0.308 e. The molecule has 1 aromatic heterocycles. The van der Waals surface area contributed by atoms with E-state index in [9.17, 15) is 4.79 Å². The van der Waals surface area contributed by atoms with Gasteiger partial charge in [-0.3, -0.25) is 4.79 Å². The molecule has 22 heavy (non-hydrogen) atoms. The Morgan fingerprint density at radius 3 is 2.82 bits per heavy atom. The summed E-state index contributed by atoms with van der Waals surface area (Å²) in [5.41, 5.74) is 2.24. The molecule has 0 fully saturated rings. The van der Waals surface area contributed by atoms with Gasteiger partial charge in [-0.25, -0.2) is 0 Å². The van der Waals surface area contributed by atoms with Gasteiger partial charge < -0.3 is 9.73 Å². The van der Waals surface area contributed by atoms with Crippen LogP contribution >= 0.6 is 0 Å². The van der Waals surface area contributed by atoms with E-state index in [1.807, 2.05) is 30.3 Å². The minimum Gasteiger partial charge on any atom is -0.412 e. The van der Waals surface area contributed by atoms with Crippen molar-refractivity contribution in [3.63, 3.8) is 0 Å². The number of benzene rings is 1. The van der Waals surface area contributed by atoms with Crippen molar-refractivity contribution in [3.05, 3.63) is 47.9 Å². The summed E-state index contributed by atoms with van der Waals surface area (Å²) in [6.07, 6.45) is 8.02. The van der Waals surface area contributed by atoms with Crippen molar-refractivity contribution in [3.8, 4) is 11.5 Å². The van der Waals surface area contributed by atoms with Gasteiger partial charge in [0.15, 0.2) is 0 Å². The summed E-state index contributed by atoms with van der Waals surface area (Å²) >= 11 is 0. The number of allylic oxidation sites excluding steroid dienone is 1. The lowest BCUT2D eigenvalue weighted by molar-refractivity contribution is 0.0920. The van der Waals surface area contributed by atoms with Gasteiger partial charge in [0, 0.05) is 12.1 Å². The lowest BCUT2D eigenvalue weighted by Crippen LogP contribution is -2.25. The lowest BCUT2D eigenvalue weighted by atomic mass is 9.97. The molecule has 5 nitrogen and oxygen atoms in total. The Hall–Kier alpha value is -2.43. The van der Waals surface area contributed by atoms with Gasteiger partial charge in [-0.15, -0.1) is 10.2 Å². The first-order valence-electron chi connectivity index (χ1n) is 7.68. The summed E-state index contributed by atoms with van der Waals surface area (Å²) in [4.78, 5) is 12.0. The van der Waals surface area contributed by atoms with Gasteiger partial charge in [0.05, 0.1) is 0 Å². The van der Waals surface area contributed by atoms with Crippen molar-refractivity contribution in [2.24, 2.45) is 0 Å². The molecule has 1 aliphatic carbocycles. The molecule has 1 aromatic carbocycles. The fourth-order valence-corrected chi connectivity index (χ4v) is 2.56. The molecule has 114 valence electrons. The average molecular weight is 297 g/mol. The second kappa shape index (κ2) is 7.02. The van der Waals surface area contributed by atoms with Crippen molar-refractivity contribution in [1.29, 1.82) is 0 Å². The van der Waals surface area contributed by atoms with Crippen molar-refractivity contribution in [1.82, 2.24) is 15.5 Å². The monoisotopic (exact) mass is 297 g/mol. The predicted octanol–water partition coefficient (Wildman–Crippen LogP) is 3.36. The van der Waals surface area contributed by atoms with E-state index in [0.717, 1.165) is 24.8 Å². The first kappa shape index (κ1) is 14.5. The lowest BCUT2D eigenvalue weighted by Gasteiger charge is -2.12. The van der Waals surface area contributed by atoms with Crippen LogP contribution in [-0.4, -0.2) is 22.6 Å². The van der Waals surface area contributed by atoms with Gasteiger partial charge in [-0.05, 0) is 44.2 Å². The Morgan fingerprint density at radius 1 is 1.18 bits per heavy atom. The van der Waals surface area contributed by atoms with Crippen molar-refractivity contribution < 1.29 is 9.21 Å². The van der Waals surface area contributed by atoms with Gasteiger partial charge in [0.1, 0.15) is 0 Å². The van der Waals surface area contributed by atoms with Crippen molar-refractivity contribution in [2.75, 3.05) is 6.54 Å². The van der Waals surface area contributed by atoms with E-state index in [4.69, 9.17) is 4.42 Å². The van der Waals surface area contributed by atoms with Crippen LogP contribution in [0.15, 0.2) is 46.4 Å². The zero-order valence-electron chi connectivity index (χ0n) is 12.4. The van der Waals surface area contributed by atoms with E-state index in [0.29, 0.717) is 12.4 Å². The Labute approximate surface area is 129 Å². The molecule has 1 heterocycles. The summed E-state index contributed by atoms with van der Waals surface area (Å²) in [7, 11) is 0. The molecule has 0 aliphatic heterocycles. The Morgan fingerprint density at radius 2 is 2.05 bits per heavy atom. The van der Waals surface area contributed by atoms with Crippen LogP contribution in [0.2, 0.25) is 0 Å². The quantitative estimate of drug-likeness (QED) is 0.859. The molecule has 1 amide bonds. The highest BCUT2D eigenvalue weighted by molar-refractivity contribution is 5.89. The zero-order chi connectivity index (χ0) is 15.2. The minimum atomic E-state index is -0.314. The van der Waals surface area contributed by atoms with E-state index < -0.39 is 0 Å². The van der Waals surface area contributed by atoms with Gasteiger partial charge in [-0.1, -0.05) is 29.8 Å². The van der Waals surface area contributed by atoms with Crippen LogP contribution in [0, 0.1) is 0 Å². The summed E-state index contributed by atoms with van der Waals surface area (Å²) in [6, 6.07) is 9.41. The molecule has 0 spiro atoms. The number of hydrogen-bond donors (Lipinski definition) is 1. The first-order valence-corrected chi connectivity index (χ1v) is 7.68. The number of nitrogens with zero attached hydrogens (tertiary/aromatic N) is 2. The van der Waals surface area contributed by atoms with Crippen molar-refractivity contribution in [2.45, 2.75) is 32.1 Å². The molecule has 0 bridgehead atoms. The molecular weight excluding hydrogens is 278 g/mol. The van der Waals surface area contributed by atoms with Crippen LogP contribution in [-0.2, 0) is 0 Å². The fourth-order valence-electron chi connectivity index (χ4n) is 2.56. The van der Waals surface area contributed by atoms with E-state index >= 15 is 0 Å². The Balaban J connectivity index is 1.54. The molecule has 0 saturated heterocycles. The van der Waals surface area contributed by atoms with Gasteiger partial charge >= 0.3 is 11.8 Å². The van der Waals surface area contributed by atoms with Crippen LogP contribution < -0.4 is 5.32 Å². The summed E-state index contributed by atoms with van der Waals surface area (Å²) < 4.78 is 5.43. The fraction of sp³-hybridized carbons (Fsp3) is 0.353. The highest BCUT2D eigenvalue weighted by Gasteiger charge is 2.15. The van der Waals surface area contributed by atoms with Gasteiger partial charge in [0.25, 0.3) is 0 Å². The second-order valence-corrected chi connectivity index (χ2v) is 5.39. The molecule has 0 atom stereocenters. The summed E-state index contributed by atoms with van der Waals surface area (Å²) in [5, 5.41) is 10.6. The average Bonchev–Trinajstić information content (AvgIpc) is 3.07. The van der Waals surface area contributed by atoms with E-state index in [1.54, 1.807) is 0 Å². The highest BCUT2D eigenvalue weighted by Crippen LogP contribution is 2.19. The third-order valence-electron chi connectivity index (χ3n) is 3.76. The first-order chi connectivity index (χ1) is 10.8. The number of carbonyl (C=O) groups is 1. The second-order valence-electron chi connectivity index (χ2n) is 5.39. The molecule has 0 radical (unpaired) electrons. The number of aromatic nitrogens is 2. The van der Waals surface area contributed by atoms with Crippen LogP contribution in [0.3, 0.4) is 0 Å².